The van der Waals surface area contributed by atoms with Crippen LogP contribution in [0.5, 0.6) is 11.5 Å². The molecule has 3 fully saturated rings. The second-order valence-electron chi connectivity index (χ2n) is 14.5. The Labute approximate surface area is 288 Å². The van der Waals surface area contributed by atoms with Gasteiger partial charge in [0.1, 0.15) is 23.7 Å². The summed E-state index contributed by atoms with van der Waals surface area (Å²) >= 11 is 0. The van der Waals surface area contributed by atoms with Crippen molar-refractivity contribution in [3.8, 4) is 11.5 Å². The van der Waals surface area contributed by atoms with Crippen LogP contribution in [0.3, 0.4) is 0 Å². The maximum Gasteiger partial charge on any atom is 0.198 e. The van der Waals surface area contributed by atoms with Gasteiger partial charge in [-0.15, -0.1) is 0 Å². The number of Topliss-reactive ketones (excluding diaryl/α,β-unsaturated/α-hetero) is 2. The molecule has 0 aromatic heterocycles. The standard InChI is InChI=1S/C37H42O13/c1-15-23(38)7-9-28(47-15)49-26-8-10-29(48-16(26)2)50-36-17(3)46-27(12-24(36)39)18-5-6-19-30(32(18)41)34(43)21-11-20-22(35(44)31(21)33(19)42)13-37(4,45)14-25(20)40/h5-6,11,15-17,24,26-29,36,39,41,44-45H,7-10,12-14H2,1-4H3/t15-,16-,17+,24-,26-,27+,28+,29-,36+,37-/m0/s1. The molecule has 13 heteroatoms. The molecule has 2 aliphatic carbocycles. The number of ether oxygens (including phenoxy) is 5. The van der Waals surface area contributed by atoms with Crippen molar-refractivity contribution < 1.29 is 63.3 Å². The fourth-order valence-electron chi connectivity index (χ4n) is 7.96. The largest absolute Gasteiger partial charge is 0.507 e. The molecule has 3 heterocycles. The number of phenols is 2. The van der Waals surface area contributed by atoms with E-state index >= 15 is 0 Å². The summed E-state index contributed by atoms with van der Waals surface area (Å²) in [6.07, 6.45) is -3.81. The minimum Gasteiger partial charge on any atom is -0.507 e. The van der Waals surface area contributed by atoms with E-state index < -0.39 is 77.5 Å². The average Bonchev–Trinajstić information content (AvgIpc) is 3.04. The zero-order chi connectivity index (χ0) is 35.8. The molecule has 0 spiro atoms. The average molecular weight is 695 g/mol. The molecule has 5 aliphatic rings. The number of aliphatic hydroxyl groups is 2. The number of fused-ring (bicyclic) bond motifs is 3. The highest BCUT2D eigenvalue weighted by Gasteiger charge is 2.45. The Hall–Kier alpha value is -3.56. The number of carbonyl (C=O) groups excluding carboxylic acids is 4. The highest BCUT2D eigenvalue weighted by molar-refractivity contribution is 6.31. The number of benzene rings is 2. The fraction of sp³-hybridized carbons (Fsp3) is 0.568. The first-order chi connectivity index (χ1) is 23.6. The Morgan fingerprint density at radius 3 is 2.20 bits per heavy atom. The minimum atomic E-state index is -1.42. The molecule has 2 aromatic rings. The van der Waals surface area contributed by atoms with E-state index in [9.17, 15) is 39.6 Å². The molecule has 4 N–H and O–H groups in total. The minimum absolute atomic E-state index is 0.00668. The summed E-state index contributed by atoms with van der Waals surface area (Å²) in [5.41, 5.74) is -1.95. The van der Waals surface area contributed by atoms with Crippen LogP contribution in [-0.2, 0) is 34.9 Å². The lowest BCUT2D eigenvalue weighted by molar-refractivity contribution is -0.298. The molecule has 13 nitrogen and oxygen atoms in total. The van der Waals surface area contributed by atoms with Crippen molar-refractivity contribution in [1.29, 1.82) is 0 Å². The Bertz CT molecular complexity index is 1750. The van der Waals surface area contributed by atoms with E-state index in [1.807, 2.05) is 6.92 Å². The lowest BCUT2D eigenvalue weighted by Crippen LogP contribution is -2.50. The molecule has 2 aromatic carbocycles. The monoisotopic (exact) mass is 694 g/mol. The van der Waals surface area contributed by atoms with Gasteiger partial charge in [0, 0.05) is 66.3 Å². The van der Waals surface area contributed by atoms with Crippen molar-refractivity contribution >= 4 is 23.1 Å². The molecule has 10 atom stereocenters. The first-order valence-electron chi connectivity index (χ1n) is 17.2. The van der Waals surface area contributed by atoms with E-state index in [0.717, 1.165) is 0 Å². The highest BCUT2D eigenvalue weighted by atomic mass is 16.7. The van der Waals surface area contributed by atoms with Gasteiger partial charge in [0.05, 0.1) is 47.2 Å². The number of ketones is 4. The van der Waals surface area contributed by atoms with Crippen molar-refractivity contribution in [2.45, 2.75) is 134 Å². The Kier molecular flexibility index (Phi) is 8.99. The lowest BCUT2D eigenvalue weighted by Gasteiger charge is -2.42. The molecule has 3 saturated heterocycles. The second-order valence-corrected chi connectivity index (χ2v) is 14.5. The number of carbonyl (C=O) groups is 4. The van der Waals surface area contributed by atoms with Gasteiger partial charge in [0.25, 0.3) is 0 Å². The van der Waals surface area contributed by atoms with E-state index in [2.05, 4.69) is 0 Å². The van der Waals surface area contributed by atoms with Crippen LogP contribution in [0.15, 0.2) is 18.2 Å². The molecule has 50 heavy (non-hydrogen) atoms. The normalized spacial score (nSPS) is 35.8. The van der Waals surface area contributed by atoms with Crippen molar-refractivity contribution in [3.05, 3.63) is 57.1 Å². The summed E-state index contributed by atoms with van der Waals surface area (Å²) in [7, 11) is 0. The van der Waals surface area contributed by atoms with Gasteiger partial charge < -0.3 is 44.1 Å². The predicted molar refractivity (Wildman–Crippen MR) is 172 cm³/mol. The van der Waals surface area contributed by atoms with Crippen molar-refractivity contribution in [1.82, 2.24) is 0 Å². The Balaban J connectivity index is 1.04. The van der Waals surface area contributed by atoms with Crippen LogP contribution in [0.1, 0.15) is 126 Å². The lowest BCUT2D eigenvalue weighted by atomic mass is 9.74. The molecule has 7 rings (SSSR count). The maximum atomic E-state index is 13.8. The molecule has 0 saturated carbocycles. The number of rotatable bonds is 5. The van der Waals surface area contributed by atoms with Crippen LogP contribution >= 0.6 is 0 Å². The van der Waals surface area contributed by atoms with Gasteiger partial charge in [-0.2, -0.15) is 0 Å². The first-order valence-corrected chi connectivity index (χ1v) is 17.2. The van der Waals surface area contributed by atoms with Crippen molar-refractivity contribution in [2.75, 3.05) is 0 Å². The number of aliphatic hydroxyl groups excluding tert-OH is 1. The maximum absolute atomic E-state index is 13.8. The molecular formula is C37H42O13. The summed E-state index contributed by atoms with van der Waals surface area (Å²) < 4.78 is 30.3. The SMILES string of the molecule is C[C@@H]1O[C@H](O[C@H]2CC[C@H](O[C@H]3[C@@H](O)C[C@H](c4ccc5c(c4O)C(=O)c4cc6c(c(O)c4C5=O)C[C@](C)(O)CC6=O)O[C@@H]3C)O[C@H]2C)CCC1=O. The Morgan fingerprint density at radius 2 is 1.50 bits per heavy atom. The topological polar surface area (TPSA) is 195 Å². The molecule has 0 bridgehead atoms. The zero-order valence-electron chi connectivity index (χ0n) is 28.3. The second kappa shape index (κ2) is 12.9. The third kappa shape index (κ3) is 6.08. The third-order valence-corrected chi connectivity index (χ3v) is 10.6. The van der Waals surface area contributed by atoms with Gasteiger partial charge in [-0.25, -0.2) is 0 Å². The van der Waals surface area contributed by atoms with Gasteiger partial charge in [0.2, 0.25) is 0 Å². The Morgan fingerprint density at radius 1 is 0.800 bits per heavy atom. The predicted octanol–water partition coefficient (Wildman–Crippen LogP) is 3.35. The smallest absolute Gasteiger partial charge is 0.198 e. The quantitative estimate of drug-likeness (QED) is 0.304. The van der Waals surface area contributed by atoms with Gasteiger partial charge in [0.15, 0.2) is 35.7 Å². The number of phenolic OH excluding ortho intramolecular Hbond substituents is 2. The van der Waals surface area contributed by atoms with Crippen molar-refractivity contribution in [2.24, 2.45) is 0 Å². The van der Waals surface area contributed by atoms with Crippen LogP contribution in [0.2, 0.25) is 0 Å². The summed E-state index contributed by atoms with van der Waals surface area (Å²) in [6, 6.07) is 4.10. The van der Waals surface area contributed by atoms with Gasteiger partial charge >= 0.3 is 0 Å². The molecule has 0 unspecified atom stereocenters. The van der Waals surface area contributed by atoms with E-state index in [1.54, 1.807) is 13.8 Å². The molecule has 268 valence electrons. The fourth-order valence-corrected chi connectivity index (χ4v) is 7.96. The summed E-state index contributed by atoms with van der Waals surface area (Å²) in [6.45, 7) is 6.77. The molecular weight excluding hydrogens is 652 g/mol. The highest BCUT2D eigenvalue weighted by Crippen LogP contribution is 2.46. The molecule has 3 aliphatic heterocycles. The summed E-state index contributed by atoms with van der Waals surface area (Å²) in [5, 5.41) is 44.3. The van der Waals surface area contributed by atoms with E-state index in [1.165, 1.54) is 25.1 Å². The van der Waals surface area contributed by atoms with Gasteiger partial charge in [-0.05, 0) is 46.2 Å². The van der Waals surface area contributed by atoms with Crippen LogP contribution in [0.4, 0.5) is 0 Å². The molecule has 0 radical (unpaired) electrons. The first kappa shape index (κ1) is 34.9. The van der Waals surface area contributed by atoms with Crippen LogP contribution in [0.25, 0.3) is 0 Å². The van der Waals surface area contributed by atoms with Crippen LogP contribution < -0.4 is 0 Å². The van der Waals surface area contributed by atoms with Crippen LogP contribution in [0, 0.1) is 0 Å². The van der Waals surface area contributed by atoms with E-state index in [4.69, 9.17) is 23.7 Å². The number of hydrogen-bond donors (Lipinski definition) is 4. The summed E-state index contributed by atoms with van der Waals surface area (Å²) in [5.74, 6) is -2.88. The third-order valence-electron chi connectivity index (χ3n) is 10.6. The van der Waals surface area contributed by atoms with Gasteiger partial charge in [-0.1, -0.05) is 6.07 Å². The van der Waals surface area contributed by atoms with E-state index in [-0.39, 0.29) is 76.2 Å². The van der Waals surface area contributed by atoms with E-state index in [0.29, 0.717) is 25.7 Å². The van der Waals surface area contributed by atoms with Crippen LogP contribution in [-0.4, -0.2) is 98.4 Å². The number of hydrogen-bond acceptors (Lipinski definition) is 13. The molecule has 0 amide bonds. The number of aromatic hydroxyl groups is 2. The summed E-state index contributed by atoms with van der Waals surface area (Å²) in [4.78, 5) is 52.1. The van der Waals surface area contributed by atoms with Gasteiger partial charge in [-0.3, -0.25) is 19.2 Å². The zero-order valence-corrected chi connectivity index (χ0v) is 28.3. The van der Waals surface area contributed by atoms with Crippen molar-refractivity contribution in [3.63, 3.8) is 0 Å².